The van der Waals surface area contributed by atoms with Gasteiger partial charge in [-0.3, -0.25) is 0 Å². The van der Waals surface area contributed by atoms with Gasteiger partial charge in [-0.2, -0.15) is 0 Å². The summed E-state index contributed by atoms with van der Waals surface area (Å²) in [6.45, 7) is 2.23. The third kappa shape index (κ3) is 3.62. The van der Waals surface area contributed by atoms with Crippen LogP contribution < -0.4 is 15.8 Å². The van der Waals surface area contributed by atoms with Gasteiger partial charge in [0.15, 0.2) is 0 Å². The molecule has 20 heavy (non-hydrogen) atoms. The fourth-order valence-electron chi connectivity index (χ4n) is 2.24. The molecule has 1 aliphatic heterocycles. The van der Waals surface area contributed by atoms with E-state index >= 15 is 0 Å². The van der Waals surface area contributed by atoms with Crippen LogP contribution >= 0.6 is 0 Å². The van der Waals surface area contributed by atoms with Crippen molar-refractivity contribution in [3.63, 3.8) is 0 Å². The van der Waals surface area contributed by atoms with E-state index in [2.05, 4.69) is 10.0 Å². The van der Waals surface area contributed by atoms with Crippen LogP contribution in [0.5, 0.6) is 0 Å². The van der Waals surface area contributed by atoms with E-state index in [0.29, 0.717) is 23.8 Å². The Bertz CT molecular complexity index is 554. The number of sulfonamides is 1. The van der Waals surface area contributed by atoms with Crippen molar-refractivity contribution in [1.82, 2.24) is 4.72 Å². The molecule has 0 saturated carbocycles. The van der Waals surface area contributed by atoms with Crippen LogP contribution in [0, 0.1) is 5.92 Å². The van der Waals surface area contributed by atoms with Gasteiger partial charge < -0.3 is 15.8 Å². The molecule has 1 aromatic rings. The van der Waals surface area contributed by atoms with Crippen molar-refractivity contribution in [2.45, 2.75) is 17.7 Å². The number of rotatable bonds is 5. The number of benzene rings is 1. The molecule has 1 fully saturated rings. The van der Waals surface area contributed by atoms with Gasteiger partial charge in [-0.15, -0.1) is 0 Å². The van der Waals surface area contributed by atoms with Crippen LogP contribution in [-0.4, -0.2) is 35.2 Å². The summed E-state index contributed by atoms with van der Waals surface area (Å²) in [6.07, 6.45) is 2.14. The van der Waals surface area contributed by atoms with Crippen LogP contribution in [0.1, 0.15) is 12.8 Å². The molecule has 6 nitrogen and oxygen atoms in total. The predicted molar refractivity (Wildman–Crippen MR) is 79.1 cm³/mol. The number of nitrogens with two attached hydrogens (primary N) is 1. The first kappa shape index (κ1) is 15.1. The summed E-state index contributed by atoms with van der Waals surface area (Å²) in [5, 5.41) is 3.20. The van der Waals surface area contributed by atoms with Crippen molar-refractivity contribution in [2.24, 2.45) is 5.92 Å². The van der Waals surface area contributed by atoms with Gasteiger partial charge in [0, 0.05) is 18.8 Å². The molecule has 0 aromatic heterocycles. The number of hydrogen-bond donors (Lipinski definition) is 3. The van der Waals surface area contributed by atoms with E-state index in [1.807, 2.05) is 0 Å². The zero-order chi connectivity index (χ0) is 14.6. The fraction of sp³-hybridized carbons (Fsp3) is 0.538. The second kappa shape index (κ2) is 6.43. The summed E-state index contributed by atoms with van der Waals surface area (Å²) < 4.78 is 31.7. The van der Waals surface area contributed by atoms with E-state index < -0.39 is 10.0 Å². The normalized spacial score (nSPS) is 19.8. The first-order chi connectivity index (χ1) is 9.53. The highest BCUT2D eigenvalue weighted by Crippen LogP contribution is 2.24. The molecule has 0 bridgehead atoms. The average Bonchev–Trinajstić information content (AvgIpc) is 2.47. The molecule has 0 amide bonds. The Morgan fingerprint density at radius 2 is 2.25 bits per heavy atom. The zero-order valence-corrected chi connectivity index (χ0v) is 12.4. The molecule has 0 radical (unpaired) electrons. The summed E-state index contributed by atoms with van der Waals surface area (Å²) in [5.74, 6) is 0.409. The van der Waals surface area contributed by atoms with Crippen LogP contribution in [0.4, 0.5) is 11.4 Å². The Morgan fingerprint density at radius 3 is 2.90 bits per heavy atom. The monoisotopic (exact) mass is 299 g/mol. The Balaban J connectivity index is 2.14. The van der Waals surface area contributed by atoms with Gasteiger partial charge in [0.2, 0.25) is 10.0 Å². The summed E-state index contributed by atoms with van der Waals surface area (Å²) in [6, 6.07) is 4.85. The van der Waals surface area contributed by atoms with E-state index in [1.54, 1.807) is 12.1 Å². The van der Waals surface area contributed by atoms with Crippen LogP contribution in [0.2, 0.25) is 0 Å². The summed E-state index contributed by atoms with van der Waals surface area (Å²) in [5.41, 5.74) is 6.67. The third-order valence-corrected chi connectivity index (χ3v) is 4.85. The summed E-state index contributed by atoms with van der Waals surface area (Å²) >= 11 is 0. The van der Waals surface area contributed by atoms with E-state index in [1.165, 1.54) is 13.1 Å². The van der Waals surface area contributed by atoms with Crippen molar-refractivity contribution < 1.29 is 13.2 Å². The number of nitrogen functional groups attached to an aromatic ring is 1. The highest BCUT2D eigenvalue weighted by molar-refractivity contribution is 7.89. The quantitative estimate of drug-likeness (QED) is 0.706. The van der Waals surface area contributed by atoms with Crippen LogP contribution in [0.25, 0.3) is 0 Å². The molecule has 1 atom stereocenters. The number of ether oxygens (including phenoxy) is 1. The lowest BCUT2D eigenvalue weighted by Crippen LogP contribution is -2.26. The molecule has 0 spiro atoms. The molecular weight excluding hydrogens is 278 g/mol. The lowest BCUT2D eigenvalue weighted by molar-refractivity contribution is 0.0595. The van der Waals surface area contributed by atoms with Gasteiger partial charge >= 0.3 is 0 Å². The molecule has 0 aliphatic carbocycles. The third-order valence-electron chi connectivity index (χ3n) is 3.40. The Labute approximate surface area is 119 Å². The number of anilines is 2. The SMILES string of the molecule is CNS(=O)(=O)c1cc(N)ccc1NCC1CCCOC1. The van der Waals surface area contributed by atoms with Crippen molar-refractivity contribution >= 4 is 21.4 Å². The Morgan fingerprint density at radius 1 is 1.45 bits per heavy atom. The van der Waals surface area contributed by atoms with Gasteiger partial charge in [-0.1, -0.05) is 0 Å². The van der Waals surface area contributed by atoms with Crippen molar-refractivity contribution in [2.75, 3.05) is 37.9 Å². The van der Waals surface area contributed by atoms with Gasteiger partial charge in [0.1, 0.15) is 4.90 Å². The second-order valence-electron chi connectivity index (χ2n) is 4.93. The van der Waals surface area contributed by atoms with Crippen molar-refractivity contribution in [3.05, 3.63) is 18.2 Å². The molecule has 1 heterocycles. The van der Waals surface area contributed by atoms with Crippen molar-refractivity contribution in [1.29, 1.82) is 0 Å². The van der Waals surface area contributed by atoms with Gasteiger partial charge in [-0.25, -0.2) is 13.1 Å². The lowest BCUT2D eigenvalue weighted by atomic mass is 10.0. The smallest absolute Gasteiger partial charge is 0.242 e. The molecule has 1 saturated heterocycles. The molecule has 4 N–H and O–H groups in total. The van der Waals surface area contributed by atoms with Gasteiger partial charge in [0.25, 0.3) is 0 Å². The van der Waals surface area contributed by atoms with E-state index in [-0.39, 0.29) is 4.90 Å². The minimum Gasteiger partial charge on any atom is -0.399 e. The van der Waals surface area contributed by atoms with Crippen LogP contribution in [0.3, 0.4) is 0 Å². The highest BCUT2D eigenvalue weighted by atomic mass is 32.2. The van der Waals surface area contributed by atoms with E-state index in [4.69, 9.17) is 10.5 Å². The molecule has 7 heteroatoms. The first-order valence-corrected chi connectivity index (χ1v) is 8.16. The maximum atomic E-state index is 12.0. The number of hydrogen-bond acceptors (Lipinski definition) is 5. The molecule has 1 aromatic carbocycles. The summed E-state index contributed by atoms with van der Waals surface area (Å²) in [7, 11) is -2.14. The molecule has 112 valence electrons. The van der Waals surface area contributed by atoms with Crippen LogP contribution in [-0.2, 0) is 14.8 Å². The van der Waals surface area contributed by atoms with Gasteiger partial charge in [-0.05, 0) is 44.0 Å². The van der Waals surface area contributed by atoms with Crippen molar-refractivity contribution in [3.8, 4) is 0 Å². The topological polar surface area (TPSA) is 93.5 Å². The zero-order valence-electron chi connectivity index (χ0n) is 11.6. The standard InChI is InChI=1S/C13H21N3O3S/c1-15-20(17,18)13-7-11(14)4-5-12(13)16-8-10-3-2-6-19-9-10/h4-5,7,10,15-16H,2-3,6,8-9,14H2,1H3. The molecular formula is C13H21N3O3S. The van der Waals surface area contributed by atoms with E-state index in [9.17, 15) is 8.42 Å². The Hall–Kier alpha value is -1.31. The highest BCUT2D eigenvalue weighted by Gasteiger charge is 2.19. The molecule has 1 unspecified atom stereocenters. The molecule has 2 rings (SSSR count). The molecule has 1 aliphatic rings. The van der Waals surface area contributed by atoms with E-state index in [0.717, 1.165) is 26.1 Å². The second-order valence-corrected chi connectivity index (χ2v) is 6.78. The maximum Gasteiger partial charge on any atom is 0.242 e. The number of nitrogens with one attached hydrogen (secondary N) is 2. The first-order valence-electron chi connectivity index (χ1n) is 6.67. The maximum absolute atomic E-state index is 12.0. The lowest BCUT2D eigenvalue weighted by Gasteiger charge is -2.23. The predicted octanol–water partition coefficient (Wildman–Crippen LogP) is 1.02. The fourth-order valence-corrected chi connectivity index (χ4v) is 3.18. The minimum atomic E-state index is -3.53. The minimum absolute atomic E-state index is 0.178. The summed E-state index contributed by atoms with van der Waals surface area (Å²) in [4.78, 5) is 0.178. The van der Waals surface area contributed by atoms with Crippen LogP contribution in [0.15, 0.2) is 23.1 Å². The largest absolute Gasteiger partial charge is 0.399 e. The van der Waals surface area contributed by atoms with Gasteiger partial charge in [0.05, 0.1) is 12.3 Å². The Kier molecular flexibility index (Phi) is 4.85. The average molecular weight is 299 g/mol.